The van der Waals surface area contributed by atoms with Crippen molar-refractivity contribution in [2.45, 2.75) is 12.4 Å². The highest BCUT2D eigenvalue weighted by Crippen LogP contribution is 2.53. The summed E-state index contributed by atoms with van der Waals surface area (Å²) in [4.78, 5) is 27.0. The van der Waals surface area contributed by atoms with E-state index in [-0.39, 0.29) is 108 Å². The molecular formula is C34H26Cl2F6N4O7. The Labute approximate surface area is 306 Å². The molecule has 2 aliphatic heterocycles. The van der Waals surface area contributed by atoms with E-state index in [0.717, 1.165) is 60.7 Å². The molecule has 2 heterocycles. The molecule has 53 heavy (non-hydrogen) atoms. The molecule has 11 nitrogen and oxygen atoms in total. The standard InChI is InChI=1S/C34H26Cl2F6N4O7/c35-27-25(17-23(19-1-5-21(6-2-19)33(37,38)39)29(45(47)48)31(27)43-9-13-51-14-10-43)53-26-18-24(20-3-7-22(8-4-20)34(40,41)42)30(46(49)50)32(28(26)36)44-11-15-52-16-12-44/h1-8,17-18H,9-16H2. The van der Waals surface area contributed by atoms with Gasteiger partial charge in [0.05, 0.1) is 58.5 Å². The first-order valence-electron chi connectivity index (χ1n) is 15.8. The molecule has 4 aromatic rings. The van der Waals surface area contributed by atoms with Gasteiger partial charge in [-0.25, -0.2) is 0 Å². The fraction of sp³-hybridized carbons (Fsp3) is 0.294. The van der Waals surface area contributed by atoms with Gasteiger partial charge in [0.15, 0.2) is 0 Å². The van der Waals surface area contributed by atoms with Crippen molar-refractivity contribution in [2.75, 3.05) is 62.4 Å². The number of morpholine rings is 2. The summed E-state index contributed by atoms with van der Waals surface area (Å²) in [5, 5.41) is 24.8. The van der Waals surface area contributed by atoms with Crippen LogP contribution in [0.4, 0.5) is 49.1 Å². The van der Waals surface area contributed by atoms with Crippen LogP contribution >= 0.6 is 23.2 Å². The fourth-order valence-corrected chi connectivity index (χ4v) is 6.73. The van der Waals surface area contributed by atoms with Crippen molar-refractivity contribution >= 4 is 46.0 Å². The number of hydrogen-bond acceptors (Lipinski definition) is 9. The van der Waals surface area contributed by atoms with Gasteiger partial charge < -0.3 is 24.0 Å². The lowest BCUT2D eigenvalue weighted by Crippen LogP contribution is -2.37. The summed E-state index contributed by atoms with van der Waals surface area (Å²) in [7, 11) is 0. The van der Waals surface area contributed by atoms with Crippen molar-refractivity contribution in [1.82, 2.24) is 0 Å². The van der Waals surface area contributed by atoms with E-state index in [0.29, 0.717) is 0 Å². The lowest BCUT2D eigenvalue weighted by molar-refractivity contribution is -0.383. The molecule has 2 fully saturated rings. The SMILES string of the molecule is O=[N+]([O-])c1c(-c2ccc(C(F)(F)F)cc2)cc(Oc2cc(-c3ccc(C(F)(F)F)cc3)c([N+](=O)[O-])c(N3CCOCC3)c2Cl)c(Cl)c1N1CCOCC1. The van der Waals surface area contributed by atoms with Gasteiger partial charge in [0.1, 0.15) is 32.9 Å². The minimum absolute atomic E-state index is 0.00923. The van der Waals surface area contributed by atoms with Gasteiger partial charge in [-0.2, -0.15) is 26.3 Å². The zero-order valence-corrected chi connectivity index (χ0v) is 28.6. The first kappa shape index (κ1) is 37.9. The van der Waals surface area contributed by atoms with Crippen LogP contribution in [-0.4, -0.2) is 62.5 Å². The minimum atomic E-state index is -4.69. The molecule has 0 radical (unpaired) electrons. The summed E-state index contributed by atoms with van der Waals surface area (Å²) >= 11 is 13.8. The Morgan fingerprint density at radius 2 is 0.925 bits per heavy atom. The van der Waals surface area contributed by atoms with Crippen LogP contribution in [0.15, 0.2) is 60.7 Å². The summed E-state index contributed by atoms with van der Waals surface area (Å²) in [6.45, 7) is 1.26. The summed E-state index contributed by atoms with van der Waals surface area (Å²) in [5.41, 5.74) is -3.61. The lowest BCUT2D eigenvalue weighted by Gasteiger charge is -2.31. The number of hydrogen-bond donors (Lipinski definition) is 0. The van der Waals surface area contributed by atoms with Crippen molar-refractivity contribution in [1.29, 1.82) is 0 Å². The molecule has 2 saturated heterocycles. The fourth-order valence-electron chi connectivity index (χ4n) is 6.13. The van der Waals surface area contributed by atoms with Crippen LogP contribution in [0.5, 0.6) is 11.5 Å². The van der Waals surface area contributed by atoms with Crippen LogP contribution in [0.25, 0.3) is 22.3 Å². The summed E-state index contributed by atoms with van der Waals surface area (Å²) < 4.78 is 97.6. The van der Waals surface area contributed by atoms with Crippen molar-refractivity contribution in [3.8, 4) is 33.8 Å². The Morgan fingerprint density at radius 3 is 1.21 bits per heavy atom. The van der Waals surface area contributed by atoms with Crippen LogP contribution in [0.2, 0.25) is 10.0 Å². The molecule has 2 aliphatic rings. The highest BCUT2D eigenvalue weighted by Gasteiger charge is 2.37. The van der Waals surface area contributed by atoms with E-state index >= 15 is 0 Å². The number of nitro benzene ring substituents is 2. The predicted molar refractivity (Wildman–Crippen MR) is 183 cm³/mol. The van der Waals surface area contributed by atoms with Gasteiger partial charge in [-0.3, -0.25) is 20.2 Å². The highest BCUT2D eigenvalue weighted by atomic mass is 35.5. The maximum atomic E-state index is 13.4. The quantitative estimate of drug-likeness (QED) is 0.0977. The number of nitrogens with zero attached hydrogens (tertiary/aromatic N) is 4. The first-order chi connectivity index (χ1) is 25.1. The van der Waals surface area contributed by atoms with Gasteiger partial charge >= 0.3 is 23.7 Å². The van der Waals surface area contributed by atoms with E-state index in [4.69, 9.17) is 37.4 Å². The average molecular weight is 787 g/mol. The summed E-state index contributed by atoms with van der Waals surface area (Å²) in [6.07, 6.45) is -9.37. The van der Waals surface area contributed by atoms with E-state index < -0.39 is 44.7 Å². The number of anilines is 2. The molecule has 0 amide bonds. The molecular weight excluding hydrogens is 761 g/mol. The molecule has 280 valence electrons. The second-order valence-corrected chi connectivity index (χ2v) is 12.6. The molecule has 0 aromatic heterocycles. The second-order valence-electron chi connectivity index (χ2n) is 11.8. The minimum Gasteiger partial charge on any atom is -0.454 e. The third-order valence-corrected chi connectivity index (χ3v) is 9.37. The van der Waals surface area contributed by atoms with Gasteiger partial charge in [-0.15, -0.1) is 0 Å². The molecule has 0 bridgehead atoms. The van der Waals surface area contributed by atoms with E-state index in [1.807, 2.05) is 0 Å². The molecule has 0 saturated carbocycles. The number of rotatable bonds is 8. The zero-order chi connectivity index (χ0) is 38.2. The molecule has 0 spiro atoms. The lowest BCUT2D eigenvalue weighted by atomic mass is 9.99. The summed E-state index contributed by atoms with van der Waals surface area (Å²) in [6, 6.07) is 9.60. The average Bonchev–Trinajstić information content (AvgIpc) is 3.12. The van der Waals surface area contributed by atoms with Crippen molar-refractivity contribution < 1.29 is 50.4 Å². The van der Waals surface area contributed by atoms with E-state index in [9.17, 15) is 46.6 Å². The maximum absolute atomic E-state index is 13.4. The van der Waals surface area contributed by atoms with Crippen molar-refractivity contribution in [2.24, 2.45) is 0 Å². The molecule has 0 N–H and O–H groups in total. The number of halogens is 8. The highest BCUT2D eigenvalue weighted by molar-refractivity contribution is 6.37. The number of ether oxygens (including phenoxy) is 3. The van der Waals surface area contributed by atoms with Crippen molar-refractivity contribution in [3.05, 3.63) is 102 Å². The molecule has 0 unspecified atom stereocenters. The van der Waals surface area contributed by atoms with Gasteiger partial charge in [0.25, 0.3) is 0 Å². The largest absolute Gasteiger partial charge is 0.454 e. The summed E-state index contributed by atoms with van der Waals surface area (Å²) in [5.74, 6) is -0.508. The molecule has 4 aromatic carbocycles. The predicted octanol–water partition coefficient (Wildman–Crippen LogP) is 9.65. The Kier molecular flexibility index (Phi) is 10.6. The maximum Gasteiger partial charge on any atom is 0.416 e. The topological polar surface area (TPSA) is 120 Å². The van der Waals surface area contributed by atoms with E-state index in [1.165, 1.54) is 0 Å². The van der Waals surface area contributed by atoms with Gasteiger partial charge in [0.2, 0.25) is 0 Å². The first-order valence-corrected chi connectivity index (χ1v) is 16.5. The molecule has 0 aliphatic carbocycles. The number of nitro groups is 2. The second kappa shape index (κ2) is 14.9. The number of benzene rings is 4. The Morgan fingerprint density at radius 1 is 0.604 bits per heavy atom. The number of alkyl halides is 6. The van der Waals surface area contributed by atoms with Crippen LogP contribution in [-0.2, 0) is 21.8 Å². The normalized spacial score (nSPS) is 15.4. The van der Waals surface area contributed by atoms with Crippen molar-refractivity contribution in [3.63, 3.8) is 0 Å². The van der Waals surface area contributed by atoms with Gasteiger partial charge in [-0.05, 0) is 47.5 Å². The van der Waals surface area contributed by atoms with Crippen LogP contribution in [0, 0.1) is 20.2 Å². The van der Waals surface area contributed by atoms with Crippen LogP contribution in [0.1, 0.15) is 11.1 Å². The third-order valence-electron chi connectivity index (χ3n) is 8.64. The zero-order valence-electron chi connectivity index (χ0n) is 27.1. The molecule has 19 heteroatoms. The van der Waals surface area contributed by atoms with E-state index in [2.05, 4.69) is 0 Å². The Hall–Kier alpha value is -4.84. The van der Waals surface area contributed by atoms with E-state index in [1.54, 1.807) is 9.80 Å². The van der Waals surface area contributed by atoms with Gasteiger partial charge in [-0.1, -0.05) is 47.5 Å². The molecule has 0 atom stereocenters. The van der Waals surface area contributed by atoms with Crippen LogP contribution < -0.4 is 14.5 Å². The van der Waals surface area contributed by atoms with Crippen LogP contribution in [0.3, 0.4) is 0 Å². The monoisotopic (exact) mass is 786 g/mol. The van der Waals surface area contributed by atoms with Gasteiger partial charge in [0, 0.05) is 26.2 Å². The Bertz CT molecular complexity index is 1890. The molecule has 6 rings (SSSR count). The Balaban J connectivity index is 1.59. The smallest absolute Gasteiger partial charge is 0.416 e. The third kappa shape index (κ3) is 7.78.